The van der Waals surface area contributed by atoms with Crippen molar-refractivity contribution in [1.82, 2.24) is 9.80 Å². The number of rotatable bonds is 3. The van der Waals surface area contributed by atoms with Gasteiger partial charge in [-0.3, -0.25) is 0 Å². The molecule has 0 aromatic heterocycles. The van der Waals surface area contributed by atoms with Crippen molar-refractivity contribution >= 4 is 0 Å². The predicted octanol–water partition coefficient (Wildman–Crippen LogP) is 2.06. The molecule has 2 fully saturated rings. The molecule has 2 nitrogen and oxygen atoms in total. The fourth-order valence-electron chi connectivity index (χ4n) is 3.02. The molecule has 15 heavy (non-hydrogen) atoms. The second kappa shape index (κ2) is 5.31. The minimum absolute atomic E-state index is 0.983. The lowest BCUT2D eigenvalue weighted by Crippen LogP contribution is -2.36. The summed E-state index contributed by atoms with van der Waals surface area (Å²) in [5, 5.41) is 0. The van der Waals surface area contributed by atoms with E-state index in [1.165, 1.54) is 58.4 Å². The largest absolute Gasteiger partial charge is 0.306 e. The van der Waals surface area contributed by atoms with Gasteiger partial charge in [-0.05, 0) is 57.8 Å². The Bertz CT molecular complexity index is 185. The average Bonchev–Trinajstić information content (AvgIpc) is 2.69. The van der Waals surface area contributed by atoms with Gasteiger partial charge in [0.2, 0.25) is 0 Å². The van der Waals surface area contributed by atoms with E-state index < -0.39 is 0 Å². The summed E-state index contributed by atoms with van der Waals surface area (Å²) in [5.74, 6) is 1.98. The van der Waals surface area contributed by atoms with Gasteiger partial charge in [0, 0.05) is 13.1 Å². The van der Waals surface area contributed by atoms with Crippen LogP contribution in [0.3, 0.4) is 0 Å². The Balaban J connectivity index is 1.69. The zero-order valence-electron chi connectivity index (χ0n) is 10.4. The number of likely N-dealkylation sites (tertiary alicyclic amines) is 2. The van der Waals surface area contributed by atoms with E-state index in [4.69, 9.17) is 0 Å². The van der Waals surface area contributed by atoms with Crippen molar-refractivity contribution < 1.29 is 0 Å². The van der Waals surface area contributed by atoms with Gasteiger partial charge in [-0.1, -0.05) is 13.3 Å². The fraction of sp³-hybridized carbons (Fsp3) is 1.00. The van der Waals surface area contributed by atoms with E-state index in [2.05, 4.69) is 23.8 Å². The Morgan fingerprint density at radius 1 is 1.00 bits per heavy atom. The highest BCUT2D eigenvalue weighted by molar-refractivity contribution is 4.79. The Morgan fingerprint density at radius 3 is 2.27 bits per heavy atom. The molecule has 2 saturated heterocycles. The highest BCUT2D eigenvalue weighted by Gasteiger charge is 2.24. The molecule has 0 amide bonds. The van der Waals surface area contributed by atoms with Crippen LogP contribution in [0.2, 0.25) is 0 Å². The number of hydrogen-bond acceptors (Lipinski definition) is 2. The summed E-state index contributed by atoms with van der Waals surface area (Å²) in [5.41, 5.74) is 0. The molecule has 0 aromatic rings. The third kappa shape index (κ3) is 3.18. The third-order valence-electron chi connectivity index (χ3n) is 4.30. The van der Waals surface area contributed by atoms with E-state index in [0.29, 0.717) is 0 Å². The van der Waals surface area contributed by atoms with Gasteiger partial charge in [-0.15, -0.1) is 0 Å². The standard InChI is InChI=1S/C13H26N2/c1-3-12-6-9-15(10-12)11-13-4-7-14(2)8-5-13/h12-13H,3-11H2,1-2H3. The van der Waals surface area contributed by atoms with Gasteiger partial charge in [0.25, 0.3) is 0 Å². The first-order valence-corrected chi connectivity index (χ1v) is 6.68. The molecule has 88 valence electrons. The van der Waals surface area contributed by atoms with Crippen LogP contribution in [0.5, 0.6) is 0 Å². The van der Waals surface area contributed by atoms with Crippen molar-refractivity contribution in [2.24, 2.45) is 11.8 Å². The summed E-state index contributed by atoms with van der Waals surface area (Å²) in [6.07, 6.45) is 5.67. The van der Waals surface area contributed by atoms with Crippen LogP contribution in [0, 0.1) is 11.8 Å². The molecule has 2 heterocycles. The Labute approximate surface area is 94.6 Å². The maximum atomic E-state index is 2.71. The lowest BCUT2D eigenvalue weighted by Gasteiger charge is -2.31. The van der Waals surface area contributed by atoms with E-state index in [-0.39, 0.29) is 0 Å². The number of piperidine rings is 1. The Morgan fingerprint density at radius 2 is 1.67 bits per heavy atom. The summed E-state index contributed by atoms with van der Waals surface area (Å²) in [6, 6.07) is 0. The van der Waals surface area contributed by atoms with Gasteiger partial charge in [0.15, 0.2) is 0 Å². The maximum absolute atomic E-state index is 2.71. The minimum Gasteiger partial charge on any atom is -0.306 e. The molecular weight excluding hydrogens is 184 g/mol. The normalized spacial score (nSPS) is 31.2. The molecule has 0 spiro atoms. The summed E-state index contributed by atoms with van der Waals surface area (Å²) in [7, 11) is 2.25. The maximum Gasteiger partial charge on any atom is 0.00107 e. The highest BCUT2D eigenvalue weighted by atomic mass is 15.2. The topological polar surface area (TPSA) is 6.48 Å². The minimum atomic E-state index is 0.983. The number of hydrogen-bond donors (Lipinski definition) is 0. The van der Waals surface area contributed by atoms with Gasteiger partial charge in [0.05, 0.1) is 0 Å². The van der Waals surface area contributed by atoms with Crippen LogP contribution in [0.25, 0.3) is 0 Å². The fourth-order valence-corrected chi connectivity index (χ4v) is 3.02. The van der Waals surface area contributed by atoms with Crippen molar-refractivity contribution in [3.63, 3.8) is 0 Å². The summed E-state index contributed by atoms with van der Waals surface area (Å²) in [6.45, 7) is 9.09. The van der Waals surface area contributed by atoms with Gasteiger partial charge in [-0.25, -0.2) is 0 Å². The van der Waals surface area contributed by atoms with E-state index in [1.807, 2.05) is 0 Å². The van der Waals surface area contributed by atoms with Crippen molar-refractivity contribution in [2.45, 2.75) is 32.6 Å². The molecular formula is C13H26N2. The van der Waals surface area contributed by atoms with E-state index >= 15 is 0 Å². The van der Waals surface area contributed by atoms with E-state index in [0.717, 1.165) is 11.8 Å². The monoisotopic (exact) mass is 210 g/mol. The van der Waals surface area contributed by atoms with Gasteiger partial charge < -0.3 is 9.80 Å². The zero-order chi connectivity index (χ0) is 10.7. The molecule has 0 bridgehead atoms. The summed E-state index contributed by atoms with van der Waals surface area (Å²) in [4.78, 5) is 5.18. The molecule has 0 aliphatic carbocycles. The van der Waals surface area contributed by atoms with E-state index in [1.54, 1.807) is 0 Å². The van der Waals surface area contributed by atoms with Gasteiger partial charge in [-0.2, -0.15) is 0 Å². The van der Waals surface area contributed by atoms with Crippen LogP contribution in [0.4, 0.5) is 0 Å². The van der Waals surface area contributed by atoms with Gasteiger partial charge >= 0.3 is 0 Å². The molecule has 0 saturated carbocycles. The first-order valence-electron chi connectivity index (χ1n) is 6.68. The van der Waals surface area contributed by atoms with Crippen molar-refractivity contribution in [1.29, 1.82) is 0 Å². The molecule has 2 aliphatic rings. The quantitative estimate of drug-likeness (QED) is 0.703. The molecule has 2 aliphatic heterocycles. The second-order valence-corrected chi connectivity index (χ2v) is 5.57. The lowest BCUT2D eigenvalue weighted by atomic mass is 9.96. The van der Waals surface area contributed by atoms with Crippen LogP contribution >= 0.6 is 0 Å². The predicted molar refractivity (Wildman–Crippen MR) is 65.1 cm³/mol. The SMILES string of the molecule is CCC1CCN(CC2CCN(C)CC2)C1. The Hall–Kier alpha value is -0.0800. The first kappa shape index (κ1) is 11.4. The molecule has 1 atom stereocenters. The molecule has 2 heteroatoms. The second-order valence-electron chi connectivity index (χ2n) is 5.57. The smallest absolute Gasteiger partial charge is 0.00107 e. The molecule has 0 N–H and O–H groups in total. The lowest BCUT2D eigenvalue weighted by molar-refractivity contribution is 0.173. The van der Waals surface area contributed by atoms with Crippen LogP contribution in [-0.4, -0.2) is 49.6 Å². The zero-order valence-corrected chi connectivity index (χ0v) is 10.4. The summed E-state index contributed by atoms with van der Waals surface area (Å²) >= 11 is 0. The molecule has 0 aromatic carbocycles. The first-order chi connectivity index (χ1) is 7.28. The molecule has 1 unspecified atom stereocenters. The number of nitrogens with zero attached hydrogens (tertiary/aromatic N) is 2. The van der Waals surface area contributed by atoms with Crippen molar-refractivity contribution in [2.75, 3.05) is 39.8 Å². The van der Waals surface area contributed by atoms with E-state index in [9.17, 15) is 0 Å². The van der Waals surface area contributed by atoms with Crippen LogP contribution in [0.15, 0.2) is 0 Å². The van der Waals surface area contributed by atoms with Crippen molar-refractivity contribution in [3.05, 3.63) is 0 Å². The average molecular weight is 210 g/mol. The van der Waals surface area contributed by atoms with Crippen LogP contribution in [-0.2, 0) is 0 Å². The summed E-state index contributed by atoms with van der Waals surface area (Å²) < 4.78 is 0. The Kier molecular flexibility index (Phi) is 4.04. The molecule has 2 rings (SSSR count). The molecule has 0 radical (unpaired) electrons. The van der Waals surface area contributed by atoms with Crippen LogP contribution < -0.4 is 0 Å². The van der Waals surface area contributed by atoms with Gasteiger partial charge in [0.1, 0.15) is 0 Å². The van der Waals surface area contributed by atoms with Crippen molar-refractivity contribution in [3.8, 4) is 0 Å². The van der Waals surface area contributed by atoms with Crippen LogP contribution in [0.1, 0.15) is 32.6 Å². The highest BCUT2D eigenvalue weighted by Crippen LogP contribution is 2.23. The third-order valence-corrected chi connectivity index (χ3v) is 4.30.